The Hall–Kier alpha value is -1.64. The summed E-state index contributed by atoms with van der Waals surface area (Å²) in [6.45, 7) is 2.44. The van der Waals surface area contributed by atoms with Crippen molar-refractivity contribution in [2.75, 3.05) is 6.54 Å². The van der Waals surface area contributed by atoms with E-state index < -0.39 is 6.10 Å². The Kier molecular flexibility index (Phi) is 4.13. The largest absolute Gasteiger partial charge is 0.388 e. The van der Waals surface area contributed by atoms with Crippen molar-refractivity contribution < 1.29 is 5.11 Å². The molecular weight excluding hydrogens is 222 g/mol. The van der Waals surface area contributed by atoms with Gasteiger partial charge in [0.1, 0.15) is 0 Å². The zero-order valence-electron chi connectivity index (χ0n) is 10.6. The third kappa shape index (κ3) is 2.78. The van der Waals surface area contributed by atoms with E-state index >= 15 is 0 Å². The Morgan fingerprint density at radius 3 is 2.06 bits per heavy atom. The van der Waals surface area contributed by atoms with Gasteiger partial charge in [0.15, 0.2) is 0 Å². The average Bonchev–Trinajstić information content (AvgIpc) is 2.47. The van der Waals surface area contributed by atoms with Gasteiger partial charge in [0.2, 0.25) is 0 Å². The van der Waals surface area contributed by atoms with E-state index in [9.17, 15) is 5.11 Å². The molecule has 94 valence electrons. The molecule has 2 atom stereocenters. The van der Waals surface area contributed by atoms with Gasteiger partial charge in [-0.05, 0) is 29.2 Å². The van der Waals surface area contributed by atoms with E-state index in [1.54, 1.807) is 0 Å². The van der Waals surface area contributed by atoms with Crippen molar-refractivity contribution in [1.82, 2.24) is 0 Å². The summed E-state index contributed by atoms with van der Waals surface area (Å²) in [4.78, 5) is 0. The predicted molar refractivity (Wildman–Crippen MR) is 75.1 cm³/mol. The molecule has 2 heteroatoms. The lowest BCUT2D eigenvalue weighted by Gasteiger charge is -2.17. The first-order valence-corrected chi connectivity index (χ1v) is 6.26. The van der Waals surface area contributed by atoms with E-state index in [2.05, 4.69) is 12.1 Å². The summed E-state index contributed by atoms with van der Waals surface area (Å²) in [6.07, 6.45) is -0.486. The van der Waals surface area contributed by atoms with Crippen molar-refractivity contribution in [2.24, 2.45) is 11.7 Å². The number of nitrogens with two attached hydrogens (primary N) is 1. The summed E-state index contributed by atoms with van der Waals surface area (Å²) in [7, 11) is 0. The Morgan fingerprint density at radius 2 is 1.50 bits per heavy atom. The first-order valence-electron chi connectivity index (χ1n) is 6.26. The molecule has 0 aliphatic rings. The molecule has 18 heavy (non-hydrogen) atoms. The van der Waals surface area contributed by atoms with Crippen LogP contribution in [0.5, 0.6) is 0 Å². The lowest BCUT2D eigenvalue weighted by Crippen LogP contribution is -2.18. The van der Waals surface area contributed by atoms with Crippen molar-refractivity contribution in [3.05, 3.63) is 60.2 Å². The third-order valence-electron chi connectivity index (χ3n) is 3.27. The minimum Gasteiger partial charge on any atom is -0.388 e. The van der Waals surface area contributed by atoms with Crippen LogP contribution in [0, 0.1) is 5.92 Å². The van der Waals surface area contributed by atoms with E-state index in [4.69, 9.17) is 5.73 Å². The van der Waals surface area contributed by atoms with Gasteiger partial charge in [-0.3, -0.25) is 0 Å². The average molecular weight is 241 g/mol. The van der Waals surface area contributed by atoms with E-state index in [1.807, 2.05) is 49.4 Å². The molecule has 2 aromatic carbocycles. The summed E-state index contributed by atoms with van der Waals surface area (Å²) < 4.78 is 0. The normalized spacial score (nSPS) is 14.2. The molecular formula is C16H19NO. The van der Waals surface area contributed by atoms with Gasteiger partial charge in [-0.2, -0.15) is 0 Å². The summed E-state index contributed by atoms with van der Waals surface area (Å²) in [5, 5.41) is 10.1. The number of aliphatic hydroxyl groups excluding tert-OH is 1. The summed E-state index contributed by atoms with van der Waals surface area (Å²) in [5.41, 5.74) is 8.84. The Balaban J connectivity index is 2.20. The van der Waals surface area contributed by atoms with Crippen LogP contribution < -0.4 is 5.73 Å². The SMILES string of the molecule is CC(CN)C(O)c1ccc(-c2ccccc2)cc1. The van der Waals surface area contributed by atoms with Crippen LogP contribution in [-0.2, 0) is 0 Å². The summed E-state index contributed by atoms with van der Waals surface area (Å²) >= 11 is 0. The van der Waals surface area contributed by atoms with Crippen molar-refractivity contribution in [3.63, 3.8) is 0 Å². The lowest BCUT2D eigenvalue weighted by atomic mass is 9.95. The maximum Gasteiger partial charge on any atom is 0.0827 e. The minimum absolute atomic E-state index is 0.0765. The van der Waals surface area contributed by atoms with Crippen LogP contribution in [0.4, 0.5) is 0 Å². The predicted octanol–water partition coefficient (Wildman–Crippen LogP) is 2.98. The monoisotopic (exact) mass is 241 g/mol. The number of aliphatic hydroxyl groups is 1. The highest BCUT2D eigenvalue weighted by molar-refractivity contribution is 5.63. The zero-order valence-corrected chi connectivity index (χ0v) is 10.6. The second-order valence-electron chi connectivity index (χ2n) is 4.65. The third-order valence-corrected chi connectivity index (χ3v) is 3.27. The van der Waals surface area contributed by atoms with Crippen molar-refractivity contribution in [2.45, 2.75) is 13.0 Å². The van der Waals surface area contributed by atoms with Gasteiger partial charge >= 0.3 is 0 Å². The second kappa shape index (κ2) is 5.80. The first kappa shape index (κ1) is 12.8. The smallest absolute Gasteiger partial charge is 0.0827 e. The second-order valence-corrected chi connectivity index (χ2v) is 4.65. The maximum atomic E-state index is 10.1. The molecule has 0 aromatic heterocycles. The van der Waals surface area contributed by atoms with Crippen LogP contribution in [0.2, 0.25) is 0 Å². The van der Waals surface area contributed by atoms with Crippen LogP contribution in [0.15, 0.2) is 54.6 Å². The van der Waals surface area contributed by atoms with Crippen LogP contribution >= 0.6 is 0 Å². The van der Waals surface area contributed by atoms with Gasteiger partial charge in [0.25, 0.3) is 0 Å². The van der Waals surface area contributed by atoms with Crippen LogP contribution in [0.1, 0.15) is 18.6 Å². The maximum absolute atomic E-state index is 10.1. The van der Waals surface area contributed by atoms with Gasteiger partial charge in [0.05, 0.1) is 6.10 Å². The molecule has 0 amide bonds. The molecule has 2 rings (SSSR count). The summed E-state index contributed by atoms with van der Waals surface area (Å²) in [5.74, 6) is 0.0765. The van der Waals surface area contributed by atoms with Gasteiger partial charge in [0, 0.05) is 0 Å². The van der Waals surface area contributed by atoms with Crippen LogP contribution in [-0.4, -0.2) is 11.7 Å². The Labute approximate surface area is 108 Å². The Morgan fingerprint density at radius 1 is 0.944 bits per heavy atom. The molecule has 0 saturated carbocycles. The quantitative estimate of drug-likeness (QED) is 0.864. The van der Waals surface area contributed by atoms with Crippen molar-refractivity contribution in [1.29, 1.82) is 0 Å². The first-order chi connectivity index (χ1) is 8.72. The summed E-state index contributed by atoms with van der Waals surface area (Å²) in [6, 6.07) is 18.2. The fraction of sp³-hybridized carbons (Fsp3) is 0.250. The highest BCUT2D eigenvalue weighted by Gasteiger charge is 2.14. The standard InChI is InChI=1S/C16H19NO/c1-12(11-17)16(18)15-9-7-14(8-10-15)13-5-3-2-4-6-13/h2-10,12,16,18H,11,17H2,1H3. The highest BCUT2D eigenvalue weighted by Crippen LogP contribution is 2.25. The zero-order chi connectivity index (χ0) is 13.0. The van der Waals surface area contributed by atoms with Gasteiger partial charge in [-0.25, -0.2) is 0 Å². The molecule has 0 aliphatic heterocycles. The van der Waals surface area contributed by atoms with Crippen molar-refractivity contribution >= 4 is 0 Å². The number of hydrogen-bond donors (Lipinski definition) is 2. The molecule has 0 saturated heterocycles. The van der Waals surface area contributed by atoms with E-state index in [0.717, 1.165) is 11.1 Å². The van der Waals surface area contributed by atoms with E-state index in [0.29, 0.717) is 6.54 Å². The molecule has 2 nitrogen and oxygen atoms in total. The molecule has 2 aromatic rings. The van der Waals surface area contributed by atoms with Gasteiger partial charge in [-0.1, -0.05) is 61.5 Å². The van der Waals surface area contributed by atoms with E-state index in [1.165, 1.54) is 5.56 Å². The molecule has 0 spiro atoms. The highest BCUT2D eigenvalue weighted by atomic mass is 16.3. The molecule has 3 N–H and O–H groups in total. The molecule has 0 radical (unpaired) electrons. The fourth-order valence-corrected chi connectivity index (χ4v) is 1.96. The van der Waals surface area contributed by atoms with Gasteiger partial charge < -0.3 is 10.8 Å². The number of rotatable bonds is 4. The topological polar surface area (TPSA) is 46.2 Å². The molecule has 0 aliphatic carbocycles. The molecule has 0 bridgehead atoms. The number of hydrogen-bond acceptors (Lipinski definition) is 2. The van der Waals surface area contributed by atoms with Gasteiger partial charge in [-0.15, -0.1) is 0 Å². The Bertz CT molecular complexity index is 478. The van der Waals surface area contributed by atoms with Crippen LogP contribution in [0.25, 0.3) is 11.1 Å². The lowest BCUT2D eigenvalue weighted by molar-refractivity contribution is 0.122. The molecule has 0 heterocycles. The number of benzene rings is 2. The molecule has 2 unspecified atom stereocenters. The van der Waals surface area contributed by atoms with Crippen molar-refractivity contribution in [3.8, 4) is 11.1 Å². The molecule has 0 fully saturated rings. The van der Waals surface area contributed by atoms with E-state index in [-0.39, 0.29) is 5.92 Å². The fourth-order valence-electron chi connectivity index (χ4n) is 1.96. The minimum atomic E-state index is -0.486. The van der Waals surface area contributed by atoms with Crippen LogP contribution in [0.3, 0.4) is 0 Å².